The van der Waals surface area contributed by atoms with Crippen molar-refractivity contribution in [1.29, 1.82) is 0 Å². The van der Waals surface area contributed by atoms with E-state index in [-0.39, 0.29) is 11.7 Å². The maximum absolute atomic E-state index is 11.9. The summed E-state index contributed by atoms with van der Waals surface area (Å²) in [6.07, 6.45) is 1.94. The van der Waals surface area contributed by atoms with E-state index in [0.717, 1.165) is 4.88 Å². The van der Waals surface area contributed by atoms with Gasteiger partial charge >= 0.3 is 0 Å². The molecule has 5 heteroatoms. The van der Waals surface area contributed by atoms with Gasteiger partial charge in [-0.3, -0.25) is 9.59 Å². The molecule has 0 bridgehead atoms. The van der Waals surface area contributed by atoms with Gasteiger partial charge in [-0.1, -0.05) is 6.92 Å². The van der Waals surface area contributed by atoms with Crippen LogP contribution < -0.4 is 5.32 Å². The molecule has 2 aromatic heterocycles. The summed E-state index contributed by atoms with van der Waals surface area (Å²) in [6.45, 7) is 2.26. The number of furan rings is 1. The van der Waals surface area contributed by atoms with Gasteiger partial charge in [0.25, 0.3) is 0 Å². The van der Waals surface area contributed by atoms with E-state index in [1.807, 2.05) is 6.07 Å². The van der Waals surface area contributed by atoms with Crippen LogP contribution in [0.1, 0.15) is 33.7 Å². The molecule has 94 valence electrons. The van der Waals surface area contributed by atoms with Crippen LogP contribution in [0.2, 0.25) is 0 Å². The molecule has 0 saturated carbocycles. The molecule has 0 radical (unpaired) electrons. The summed E-state index contributed by atoms with van der Waals surface area (Å²) in [5.74, 6) is 0.210. The highest BCUT2D eigenvalue weighted by Crippen LogP contribution is 2.20. The molecule has 0 saturated heterocycles. The molecule has 1 amide bonds. The zero-order chi connectivity index (χ0) is 13.0. The third kappa shape index (κ3) is 2.87. The number of carbonyl (C=O) groups is 2. The lowest BCUT2D eigenvalue weighted by Crippen LogP contribution is -2.20. The molecule has 0 fully saturated rings. The highest BCUT2D eigenvalue weighted by molar-refractivity contribution is 7.14. The lowest BCUT2D eigenvalue weighted by atomic mass is 10.2. The van der Waals surface area contributed by atoms with Crippen molar-refractivity contribution < 1.29 is 14.0 Å². The number of hydrogen-bond donors (Lipinski definition) is 1. The molecule has 0 atom stereocenters. The van der Waals surface area contributed by atoms with Gasteiger partial charge in [-0.15, -0.1) is 11.3 Å². The molecule has 0 spiro atoms. The van der Waals surface area contributed by atoms with Gasteiger partial charge in [-0.2, -0.15) is 0 Å². The number of amides is 1. The summed E-state index contributed by atoms with van der Waals surface area (Å²) in [4.78, 5) is 24.6. The predicted molar refractivity (Wildman–Crippen MR) is 68.6 cm³/mol. The quantitative estimate of drug-likeness (QED) is 0.843. The molecule has 0 aliphatic rings. The third-order valence-corrected chi connectivity index (χ3v) is 3.50. The molecule has 2 aromatic rings. The van der Waals surface area contributed by atoms with Gasteiger partial charge in [-0.25, -0.2) is 0 Å². The lowest BCUT2D eigenvalue weighted by Gasteiger charge is -1.99. The molecule has 2 heterocycles. The Labute approximate surface area is 109 Å². The fourth-order valence-corrected chi connectivity index (χ4v) is 2.33. The van der Waals surface area contributed by atoms with Crippen LogP contribution in [0.15, 0.2) is 34.9 Å². The molecule has 4 nitrogen and oxygen atoms in total. The van der Waals surface area contributed by atoms with E-state index in [1.54, 1.807) is 25.1 Å². The van der Waals surface area contributed by atoms with Crippen LogP contribution in [0.5, 0.6) is 0 Å². The minimum atomic E-state index is -0.127. The van der Waals surface area contributed by atoms with Gasteiger partial charge in [0.1, 0.15) is 0 Å². The van der Waals surface area contributed by atoms with Crippen LogP contribution in [0.25, 0.3) is 0 Å². The molecule has 18 heavy (non-hydrogen) atoms. The monoisotopic (exact) mass is 263 g/mol. The normalized spacial score (nSPS) is 10.3. The first-order valence-electron chi connectivity index (χ1n) is 5.64. The second kappa shape index (κ2) is 5.64. The van der Waals surface area contributed by atoms with E-state index in [9.17, 15) is 9.59 Å². The maximum atomic E-state index is 11.9. The van der Waals surface area contributed by atoms with Gasteiger partial charge in [0.2, 0.25) is 11.7 Å². The number of carbonyl (C=O) groups excluding carboxylic acids is 2. The van der Waals surface area contributed by atoms with Crippen molar-refractivity contribution in [2.75, 3.05) is 0 Å². The molecule has 0 unspecified atom stereocenters. The van der Waals surface area contributed by atoms with Crippen molar-refractivity contribution in [2.24, 2.45) is 0 Å². The predicted octanol–water partition coefficient (Wildman–Crippen LogP) is 2.60. The Hall–Kier alpha value is -1.88. The summed E-state index contributed by atoms with van der Waals surface area (Å²) < 4.78 is 5.06. The van der Waals surface area contributed by atoms with E-state index in [2.05, 4.69) is 5.32 Å². The lowest BCUT2D eigenvalue weighted by molar-refractivity contribution is -0.120. The fraction of sp³-hybridized carbons (Fsp3) is 0.231. The average Bonchev–Trinajstić information content (AvgIpc) is 3.05. The summed E-state index contributed by atoms with van der Waals surface area (Å²) >= 11 is 1.37. The van der Waals surface area contributed by atoms with Crippen LogP contribution in [-0.2, 0) is 11.3 Å². The van der Waals surface area contributed by atoms with Crippen molar-refractivity contribution in [3.8, 4) is 0 Å². The topological polar surface area (TPSA) is 59.3 Å². The van der Waals surface area contributed by atoms with Crippen LogP contribution >= 0.6 is 11.3 Å². The largest absolute Gasteiger partial charge is 0.461 e. The zero-order valence-corrected chi connectivity index (χ0v) is 10.8. The summed E-state index contributed by atoms with van der Waals surface area (Å²) in [7, 11) is 0. The van der Waals surface area contributed by atoms with E-state index in [1.165, 1.54) is 17.6 Å². The Kier molecular flexibility index (Phi) is 3.94. The minimum absolute atomic E-state index is 0.00214. The number of ketones is 1. The summed E-state index contributed by atoms with van der Waals surface area (Å²) in [6, 6.07) is 6.92. The van der Waals surface area contributed by atoms with Gasteiger partial charge < -0.3 is 9.73 Å². The second-order valence-electron chi connectivity index (χ2n) is 3.70. The molecule has 1 N–H and O–H groups in total. The highest BCUT2D eigenvalue weighted by atomic mass is 32.1. The van der Waals surface area contributed by atoms with Gasteiger partial charge in [0.15, 0.2) is 5.76 Å². The first-order chi connectivity index (χ1) is 8.70. The van der Waals surface area contributed by atoms with Crippen molar-refractivity contribution in [3.05, 3.63) is 46.0 Å². The van der Waals surface area contributed by atoms with Gasteiger partial charge in [0, 0.05) is 11.3 Å². The van der Waals surface area contributed by atoms with E-state index < -0.39 is 0 Å². The standard InChI is InChI=1S/C13H13NO3S/c1-2-12(15)14-8-9-5-6-11(18-9)13(16)10-4-3-7-17-10/h3-7H,2,8H2,1H3,(H,14,15). The van der Waals surface area contributed by atoms with Crippen LogP contribution in [0, 0.1) is 0 Å². The Morgan fingerprint density at radius 3 is 2.83 bits per heavy atom. The molecular formula is C13H13NO3S. The molecular weight excluding hydrogens is 250 g/mol. The first-order valence-corrected chi connectivity index (χ1v) is 6.46. The summed E-state index contributed by atoms with van der Waals surface area (Å²) in [5, 5.41) is 2.77. The van der Waals surface area contributed by atoms with Crippen molar-refractivity contribution in [1.82, 2.24) is 5.32 Å². The first kappa shape index (κ1) is 12.6. The Morgan fingerprint density at radius 2 is 2.17 bits per heavy atom. The smallest absolute Gasteiger partial charge is 0.238 e. The highest BCUT2D eigenvalue weighted by Gasteiger charge is 2.14. The maximum Gasteiger partial charge on any atom is 0.238 e. The molecule has 0 aliphatic carbocycles. The van der Waals surface area contributed by atoms with Gasteiger partial charge in [0.05, 0.1) is 17.7 Å². The number of hydrogen-bond acceptors (Lipinski definition) is 4. The van der Waals surface area contributed by atoms with Crippen LogP contribution in [0.3, 0.4) is 0 Å². The average molecular weight is 263 g/mol. The van der Waals surface area contributed by atoms with Crippen molar-refractivity contribution in [2.45, 2.75) is 19.9 Å². The number of nitrogens with one attached hydrogen (secondary N) is 1. The molecule has 0 aliphatic heterocycles. The Morgan fingerprint density at radius 1 is 1.33 bits per heavy atom. The number of rotatable bonds is 5. The van der Waals surface area contributed by atoms with E-state index in [0.29, 0.717) is 23.6 Å². The second-order valence-corrected chi connectivity index (χ2v) is 4.87. The Bertz CT molecular complexity index is 542. The number of thiophene rings is 1. The van der Waals surface area contributed by atoms with Crippen LogP contribution in [0.4, 0.5) is 0 Å². The zero-order valence-electron chi connectivity index (χ0n) is 9.93. The summed E-state index contributed by atoms with van der Waals surface area (Å²) in [5.41, 5.74) is 0. The van der Waals surface area contributed by atoms with Crippen molar-refractivity contribution in [3.63, 3.8) is 0 Å². The molecule has 0 aromatic carbocycles. The van der Waals surface area contributed by atoms with E-state index >= 15 is 0 Å². The van der Waals surface area contributed by atoms with Crippen LogP contribution in [-0.4, -0.2) is 11.7 Å². The minimum Gasteiger partial charge on any atom is -0.461 e. The SMILES string of the molecule is CCC(=O)NCc1ccc(C(=O)c2ccco2)s1. The van der Waals surface area contributed by atoms with Crippen molar-refractivity contribution >= 4 is 23.0 Å². The van der Waals surface area contributed by atoms with E-state index in [4.69, 9.17) is 4.42 Å². The third-order valence-electron chi connectivity index (χ3n) is 2.41. The molecule has 2 rings (SSSR count). The van der Waals surface area contributed by atoms with Gasteiger partial charge in [-0.05, 0) is 24.3 Å². The fourth-order valence-electron chi connectivity index (χ4n) is 1.43. The Balaban J connectivity index is 2.02.